The minimum absolute atomic E-state index is 0.164. The monoisotopic (exact) mass is 526 g/mol. The molecule has 37 heavy (non-hydrogen) atoms. The lowest BCUT2D eigenvalue weighted by atomic mass is 10.00. The Morgan fingerprint density at radius 3 is 2.59 bits per heavy atom. The van der Waals surface area contributed by atoms with Crippen molar-refractivity contribution in [2.45, 2.75) is 19.8 Å². The van der Waals surface area contributed by atoms with Crippen LogP contribution in [0.5, 0.6) is 10.8 Å². The Bertz CT molecular complexity index is 1590. The van der Waals surface area contributed by atoms with Gasteiger partial charge in [-0.3, -0.25) is 15.0 Å². The lowest BCUT2D eigenvalue weighted by Gasteiger charge is -2.29. The first-order chi connectivity index (χ1) is 18.0. The zero-order valence-corrected chi connectivity index (χ0v) is 21.6. The third-order valence-electron chi connectivity index (χ3n) is 6.09. The summed E-state index contributed by atoms with van der Waals surface area (Å²) in [7, 11) is 0. The number of fused-ring (bicyclic) bond motifs is 2. The Labute approximate surface area is 221 Å². The fourth-order valence-corrected chi connectivity index (χ4v) is 6.16. The average molecular weight is 527 g/mol. The number of carbonyl (C=O) groups excluding carboxylic acids is 2. The maximum atomic E-state index is 13.3. The van der Waals surface area contributed by atoms with Crippen molar-refractivity contribution in [3.05, 3.63) is 84.1 Å². The molecule has 0 unspecified atom stereocenters. The van der Waals surface area contributed by atoms with E-state index in [2.05, 4.69) is 15.3 Å². The highest BCUT2D eigenvalue weighted by atomic mass is 32.1. The summed E-state index contributed by atoms with van der Waals surface area (Å²) in [6, 6.07) is 22.9. The van der Waals surface area contributed by atoms with Crippen molar-refractivity contribution in [1.82, 2.24) is 9.97 Å². The van der Waals surface area contributed by atoms with Crippen LogP contribution < -0.4 is 15.0 Å². The smallest absolute Gasteiger partial charge is 0.328 e. The minimum Gasteiger partial charge on any atom is -0.444 e. The van der Waals surface area contributed by atoms with Crippen LogP contribution in [0.25, 0.3) is 20.8 Å². The largest absolute Gasteiger partial charge is 0.444 e. The van der Waals surface area contributed by atoms with E-state index in [1.165, 1.54) is 29.6 Å². The number of Topliss-reactive ketones (excluding diaryl/α,β-unsaturated/α-hetero) is 1. The molecule has 2 amide bonds. The number of carbonyl (C=O) groups is 2. The molecule has 0 saturated carbocycles. The van der Waals surface area contributed by atoms with Gasteiger partial charge in [0.25, 0.3) is 0 Å². The number of rotatable bonds is 5. The second-order valence-corrected chi connectivity index (χ2v) is 10.6. The van der Waals surface area contributed by atoms with Crippen molar-refractivity contribution >= 4 is 55.5 Å². The number of para-hydroxylation sites is 2. The Balaban J connectivity index is 1.30. The quantitative estimate of drug-likeness (QED) is 0.241. The number of ketones is 1. The van der Waals surface area contributed by atoms with E-state index in [0.717, 1.165) is 39.9 Å². The molecule has 1 aliphatic rings. The highest BCUT2D eigenvalue weighted by Crippen LogP contribution is 2.40. The average Bonchev–Trinajstić information content (AvgIpc) is 3.52. The Morgan fingerprint density at radius 1 is 0.973 bits per heavy atom. The third-order valence-corrected chi connectivity index (χ3v) is 8.02. The van der Waals surface area contributed by atoms with Crippen molar-refractivity contribution in [3.63, 3.8) is 0 Å². The van der Waals surface area contributed by atoms with Crippen LogP contribution >= 0.6 is 22.7 Å². The number of anilines is 2. The van der Waals surface area contributed by atoms with Gasteiger partial charge in [0, 0.05) is 24.7 Å². The van der Waals surface area contributed by atoms with Crippen molar-refractivity contribution in [1.29, 1.82) is 0 Å². The van der Waals surface area contributed by atoms with Gasteiger partial charge in [0.2, 0.25) is 5.06 Å². The molecule has 9 heteroatoms. The Kier molecular flexibility index (Phi) is 6.15. The lowest BCUT2D eigenvalue weighted by Crippen LogP contribution is -2.38. The molecule has 0 radical (unpaired) electrons. The summed E-state index contributed by atoms with van der Waals surface area (Å²) < 4.78 is 7.02. The molecule has 0 spiro atoms. The normalized spacial score (nSPS) is 12.8. The molecule has 0 fully saturated rings. The van der Waals surface area contributed by atoms with E-state index in [1.54, 1.807) is 4.90 Å². The topological polar surface area (TPSA) is 84.4 Å². The van der Waals surface area contributed by atoms with E-state index in [1.807, 2.05) is 72.8 Å². The fourth-order valence-electron chi connectivity index (χ4n) is 4.32. The van der Waals surface area contributed by atoms with Crippen LogP contribution in [-0.4, -0.2) is 28.3 Å². The molecule has 1 N–H and O–H groups in total. The fraction of sp³-hybridized carbons (Fsp3) is 0.143. The van der Waals surface area contributed by atoms with Gasteiger partial charge in [0.05, 0.1) is 10.2 Å². The van der Waals surface area contributed by atoms with E-state index >= 15 is 0 Å². The number of benzene rings is 3. The minimum atomic E-state index is -0.214. The maximum absolute atomic E-state index is 13.3. The molecule has 3 heterocycles. The number of aryl methyl sites for hydroxylation is 1. The van der Waals surface area contributed by atoms with Gasteiger partial charge in [0.1, 0.15) is 10.8 Å². The maximum Gasteiger partial charge on any atom is 0.328 e. The van der Waals surface area contributed by atoms with Crippen LogP contribution in [0, 0.1) is 0 Å². The van der Waals surface area contributed by atoms with Crippen LogP contribution in [0.1, 0.15) is 29.4 Å². The molecular weight excluding hydrogens is 504 g/mol. The standard InChI is InChI=1S/C28H22N4O3S2/c1-17(33)24-26(35-20-9-3-2-4-10-20)37-25(30-24)19-14-13-18-8-7-15-32(22(18)16-19)28(34)31-27-29-21-11-5-6-12-23(21)36-27/h2-6,9-14,16H,7-8,15H2,1H3,(H,29,31,34). The highest BCUT2D eigenvalue weighted by Gasteiger charge is 2.25. The summed E-state index contributed by atoms with van der Waals surface area (Å²) in [6.07, 6.45) is 1.76. The number of aromatic nitrogens is 2. The molecule has 184 valence electrons. The number of nitrogens with zero attached hydrogens (tertiary/aromatic N) is 3. The van der Waals surface area contributed by atoms with Crippen molar-refractivity contribution in [3.8, 4) is 21.4 Å². The van der Waals surface area contributed by atoms with Gasteiger partial charge in [-0.05, 0) is 48.7 Å². The highest BCUT2D eigenvalue weighted by molar-refractivity contribution is 7.22. The van der Waals surface area contributed by atoms with Crippen LogP contribution in [-0.2, 0) is 6.42 Å². The van der Waals surface area contributed by atoms with Crippen LogP contribution in [0.4, 0.5) is 15.6 Å². The predicted octanol–water partition coefficient (Wildman–Crippen LogP) is 7.40. The summed E-state index contributed by atoms with van der Waals surface area (Å²) in [6.45, 7) is 2.09. The lowest BCUT2D eigenvalue weighted by molar-refractivity contribution is 0.101. The third kappa shape index (κ3) is 4.71. The molecule has 1 aliphatic heterocycles. The summed E-state index contributed by atoms with van der Waals surface area (Å²) >= 11 is 2.77. The van der Waals surface area contributed by atoms with Gasteiger partial charge in [0.15, 0.2) is 16.6 Å². The van der Waals surface area contributed by atoms with Crippen LogP contribution in [0.2, 0.25) is 0 Å². The zero-order chi connectivity index (χ0) is 25.4. The second-order valence-electron chi connectivity index (χ2n) is 8.64. The zero-order valence-electron chi connectivity index (χ0n) is 19.9. The number of ether oxygens (including phenoxy) is 1. The number of hydrogen-bond acceptors (Lipinski definition) is 7. The van der Waals surface area contributed by atoms with E-state index in [9.17, 15) is 9.59 Å². The molecule has 6 rings (SSSR count). The van der Waals surface area contributed by atoms with Gasteiger partial charge in [-0.25, -0.2) is 14.8 Å². The van der Waals surface area contributed by atoms with Crippen molar-refractivity contribution in [2.75, 3.05) is 16.8 Å². The molecule has 2 aromatic heterocycles. The first-order valence-electron chi connectivity index (χ1n) is 11.9. The van der Waals surface area contributed by atoms with Crippen LogP contribution in [0.15, 0.2) is 72.8 Å². The van der Waals surface area contributed by atoms with E-state index in [4.69, 9.17) is 4.74 Å². The number of amides is 2. The molecule has 0 atom stereocenters. The first-order valence-corrected chi connectivity index (χ1v) is 13.5. The number of nitrogens with one attached hydrogen (secondary N) is 1. The van der Waals surface area contributed by atoms with Crippen LogP contribution in [0.3, 0.4) is 0 Å². The predicted molar refractivity (Wildman–Crippen MR) is 148 cm³/mol. The first kappa shape index (κ1) is 23.3. The van der Waals surface area contributed by atoms with Gasteiger partial charge < -0.3 is 4.74 Å². The summed E-state index contributed by atoms with van der Waals surface area (Å²) in [5.74, 6) is 0.478. The molecule has 5 aromatic rings. The molecule has 3 aromatic carbocycles. The number of urea groups is 1. The summed E-state index contributed by atoms with van der Waals surface area (Å²) in [5.41, 5.74) is 3.93. The van der Waals surface area contributed by atoms with Gasteiger partial charge >= 0.3 is 6.03 Å². The molecule has 0 saturated heterocycles. The van der Waals surface area contributed by atoms with Crippen molar-refractivity contribution < 1.29 is 14.3 Å². The van der Waals surface area contributed by atoms with E-state index < -0.39 is 0 Å². The van der Waals surface area contributed by atoms with E-state index in [-0.39, 0.29) is 11.8 Å². The molecule has 7 nitrogen and oxygen atoms in total. The number of thiazole rings is 2. The SMILES string of the molecule is CC(=O)c1nc(-c2ccc3c(c2)N(C(=O)Nc2nc4ccccc4s2)CCC3)sc1Oc1ccccc1. The van der Waals surface area contributed by atoms with Gasteiger partial charge in [-0.1, -0.05) is 65.1 Å². The summed E-state index contributed by atoms with van der Waals surface area (Å²) in [5, 5.41) is 4.66. The Morgan fingerprint density at radius 2 is 1.78 bits per heavy atom. The summed E-state index contributed by atoms with van der Waals surface area (Å²) in [4.78, 5) is 36.5. The van der Waals surface area contributed by atoms with E-state index in [0.29, 0.717) is 33.2 Å². The van der Waals surface area contributed by atoms with Crippen molar-refractivity contribution in [2.24, 2.45) is 0 Å². The molecule has 0 aliphatic carbocycles. The molecular formula is C28H22N4O3S2. The van der Waals surface area contributed by atoms with Gasteiger partial charge in [-0.15, -0.1) is 0 Å². The molecule has 0 bridgehead atoms. The Hall–Kier alpha value is -4.08. The number of hydrogen-bond donors (Lipinski definition) is 1. The second kappa shape index (κ2) is 9.76. The van der Waals surface area contributed by atoms with Gasteiger partial charge in [-0.2, -0.15) is 0 Å².